The molecule has 0 spiro atoms. The highest BCUT2D eigenvalue weighted by Crippen LogP contribution is 2.18. The van der Waals surface area contributed by atoms with Crippen molar-refractivity contribution in [2.24, 2.45) is 0 Å². The lowest BCUT2D eigenvalue weighted by molar-refractivity contribution is 0.880. The second-order valence-electron chi connectivity index (χ2n) is 17.1. The van der Waals surface area contributed by atoms with Gasteiger partial charge in [-0.2, -0.15) is 0 Å². The normalized spacial score (nSPS) is 14.5. The molecule has 52 heavy (non-hydrogen) atoms. The van der Waals surface area contributed by atoms with Gasteiger partial charge in [0.15, 0.2) is 0 Å². The third kappa shape index (κ3) is 34.5. The first-order valence-electron chi connectivity index (χ1n) is 21.0. The lowest BCUT2D eigenvalue weighted by Gasteiger charge is -2.04. The number of unbranched alkanes of at least 4 members (excludes halogenated alkanes) is 1. The maximum atomic E-state index is 3.47. The Morgan fingerprint density at radius 2 is 0.538 bits per heavy atom. The Balaban J connectivity index is 4.24. The van der Waals surface area contributed by atoms with Gasteiger partial charge in [-0.3, -0.25) is 0 Å². The Bertz CT molecular complexity index is 1340. The third-order valence-electron chi connectivity index (χ3n) is 9.54. The minimum absolute atomic E-state index is 1.00. The SMILES string of the molecule is CC(C)=CCC/C(C)=C/CC/C(C)=C/CC/C(C)=C/CC/C(C)=C/CC/C(C)=C/CC/C(C)=C/CC/C(C)=C/CC/C(C)=C/CCC#C[Si](C)(C)C. The van der Waals surface area contributed by atoms with Crippen molar-refractivity contribution < 1.29 is 0 Å². The van der Waals surface area contributed by atoms with E-state index in [1.807, 2.05) is 0 Å². The van der Waals surface area contributed by atoms with Crippen molar-refractivity contribution in [2.45, 2.75) is 204 Å². The maximum absolute atomic E-state index is 3.47. The monoisotopic (exact) mass is 725 g/mol. The Kier molecular flexibility index (Phi) is 29.3. The molecule has 292 valence electrons. The van der Waals surface area contributed by atoms with E-state index < -0.39 is 8.07 Å². The second kappa shape index (κ2) is 30.9. The standard InChI is InChI=1S/C51H84Si/c1-43(2)25-17-27-45(4)29-19-31-47(6)33-21-35-49(8)37-23-39-51(10)41-24-40-50(9)38-22-36-48(7)34-20-32-46(5)30-18-28-44(3)26-15-14-16-42-52(11,12)13/h25-26,29-30,33-34,37-38,41H,14-15,17-24,27-28,31-32,35-36,39-40H2,1-13H3/b44-26+,45-29+,46-30+,47-33+,48-34+,49-37+,50-38+,51-41+. The molecule has 0 saturated heterocycles. The molecule has 0 heterocycles. The lowest BCUT2D eigenvalue weighted by atomic mass is 10.0. The molecule has 0 radical (unpaired) electrons. The van der Waals surface area contributed by atoms with Crippen LogP contribution in [0.15, 0.2) is 105 Å². The van der Waals surface area contributed by atoms with Crippen molar-refractivity contribution in [3.05, 3.63) is 105 Å². The van der Waals surface area contributed by atoms with Crippen LogP contribution in [-0.2, 0) is 0 Å². The highest BCUT2D eigenvalue weighted by molar-refractivity contribution is 6.83. The van der Waals surface area contributed by atoms with E-state index in [9.17, 15) is 0 Å². The molecule has 0 aromatic carbocycles. The van der Waals surface area contributed by atoms with E-state index in [4.69, 9.17) is 0 Å². The molecule has 0 atom stereocenters. The van der Waals surface area contributed by atoms with E-state index in [0.29, 0.717) is 0 Å². The van der Waals surface area contributed by atoms with Gasteiger partial charge >= 0.3 is 0 Å². The summed E-state index contributed by atoms with van der Waals surface area (Å²) in [5, 5.41) is 0. The number of allylic oxidation sites excluding steroid dienone is 18. The molecular weight excluding hydrogens is 641 g/mol. The first-order valence-corrected chi connectivity index (χ1v) is 24.5. The highest BCUT2D eigenvalue weighted by Gasteiger charge is 2.06. The third-order valence-corrected chi connectivity index (χ3v) is 10.5. The van der Waals surface area contributed by atoms with Crippen molar-refractivity contribution in [1.82, 2.24) is 0 Å². The summed E-state index contributed by atoms with van der Waals surface area (Å²) in [6.45, 7) is 29.7. The molecular formula is C51H84Si. The Morgan fingerprint density at radius 3 is 0.750 bits per heavy atom. The van der Waals surface area contributed by atoms with Gasteiger partial charge in [-0.25, -0.2) is 0 Å². The van der Waals surface area contributed by atoms with Gasteiger partial charge in [-0.05, 0) is 178 Å². The van der Waals surface area contributed by atoms with Gasteiger partial charge in [0.05, 0.1) is 0 Å². The van der Waals surface area contributed by atoms with Gasteiger partial charge in [0.1, 0.15) is 8.07 Å². The molecule has 0 N–H and O–H groups in total. The van der Waals surface area contributed by atoms with Gasteiger partial charge in [-0.15, -0.1) is 11.5 Å². The predicted molar refractivity (Wildman–Crippen MR) is 244 cm³/mol. The summed E-state index contributed by atoms with van der Waals surface area (Å²) in [6.07, 6.45) is 42.8. The first-order chi connectivity index (χ1) is 24.6. The van der Waals surface area contributed by atoms with Gasteiger partial charge < -0.3 is 0 Å². The van der Waals surface area contributed by atoms with Crippen LogP contribution in [0.1, 0.15) is 185 Å². The van der Waals surface area contributed by atoms with Crippen molar-refractivity contribution in [1.29, 1.82) is 0 Å². The zero-order valence-electron chi connectivity index (χ0n) is 36.9. The maximum Gasteiger partial charge on any atom is 0.129 e. The van der Waals surface area contributed by atoms with Crippen molar-refractivity contribution >= 4 is 8.07 Å². The van der Waals surface area contributed by atoms with Crippen LogP contribution in [0.4, 0.5) is 0 Å². The molecule has 0 amide bonds. The fourth-order valence-corrected chi connectivity index (χ4v) is 6.60. The molecule has 0 nitrogen and oxygen atoms in total. The Labute approximate surface area is 327 Å². The van der Waals surface area contributed by atoms with Gasteiger partial charge in [-0.1, -0.05) is 124 Å². The minimum atomic E-state index is -1.22. The Morgan fingerprint density at radius 1 is 0.327 bits per heavy atom. The van der Waals surface area contributed by atoms with E-state index in [1.165, 1.54) is 121 Å². The van der Waals surface area contributed by atoms with Crippen LogP contribution in [0, 0.1) is 11.5 Å². The fourth-order valence-electron chi connectivity index (χ4n) is 5.95. The van der Waals surface area contributed by atoms with Gasteiger partial charge in [0.2, 0.25) is 0 Å². The summed E-state index contributed by atoms with van der Waals surface area (Å²) in [5.41, 5.74) is 17.1. The zero-order chi connectivity index (χ0) is 39.2. The van der Waals surface area contributed by atoms with Crippen molar-refractivity contribution in [2.75, 3.05) is 0 Å². The summed E-state index contributed by atoms with van der Waals surface area (Å²) in [4.78, 5) is 0. The smallest absolute Gasteiger partial charge is 0.129 e. The van der Waals surface area contributed by atoms with Crippen LogP contribution in [0.2, 0.25) is 19.6 Å². The van der Waals surface area contributed by atoms with Gasteiger partial charge in [0, 0.05) is 6.42 Å². The molecule has 0 aliphatic carbocycles. The van der Waals surface area contributed by atoms with Crippen LogP contribution in [-0.4, -0.2) is 8.07 Å². The van der Waals surface area contributed by atoms with Crippen LogP contribution in [0.3, 0.4) is 0 Å². The summed E-state index contributed by atoms with van der Waals surface area (Å²) in [5.74, 6) is 3.38. The number of hydrogen-bond donors (Lipinski definition) is 0. The van der Waals surface area contributed by atoms with E-state index in [2.05, 4.69) is 155 Å². The first kappa shape index (κ1) is 49.4. The zero-order valence-corrected chi connectivity index (χ0v) is 37.9. The number of hydrogen-bond acceptors (Lipinski definition) is 0. The largest absolute Gasteiger partial charge is 0.132 e. The summed E-state index contributed by atoms with van der Waals surface area (Å²) in [6, 6.07) is 0. The highest BCUT2D eigenvalue weighted by atomic mass is 28.3. The van der Waals surface area contributed by atoms with Crippen molar-refractivity contribution in [3.63, 3.8) is 0 Å². The molecule has 0 rings (SSSR count). The molecule has 0 bridgehead atoms. The summed E-state index contributed by atoms with van der Waals surface area (Å²) in [7, 11) is -1.22. The van der Waals surface area contributed by atoms with Crippen LogP contribution in [0.5, 0.6) is 0 Å². The van der Waals surface area contributed by atoms with Crippen LogP contribution >= 0.6 is 0 Å². The van der Waals surface area contributed by atoms with Crippen molar-refractivity contribution in [3.8, 4) is 11.5 Å². The molecule has 0 unspecified atom stereocenters. The Hall–Kier alpha value is -2.56. The molecule has 0 saturated carbocycles. The topological polar surface area (TPSA) is 0 Å². The van der Waals surface area contributed by atoms with E-state index in [1.54, 1.807) is 0 Å². The lowest BCUT2D eigenvalue weighted by Crippen LogP contribution is -2.16. The van der Waals surface area contributed by atoms with E-state index >= 15 is 0 Å². The molecule has 0 aliphatic rings. The van der Waals surface area contributed by atoms with Crippen LogP contribution in [0.25, 0.3) is 0 Å². The molecule has 1 heteroatoms. The van der Waals surface area contributed by atoms with E-state index in [0.717, 1.165) is 44.9 Å². The molecule has 0 aromatic rings. The molecule has 0 aliphatic heterocycles. The summed E-state index contributed by atoms with van der Waals surface area (Å²) >= 11 is 0. The molecule has 0 aromatic heterocycles. The number of rotatable bonds is 26. The fraction of sp³-hybridized carbons (Fsp3) is 0.608. The quantitative estimate of drug-likeness (QED) is 0.0361. The summed E-state index contributed by atoms with van der Waals surface area (Å²) < 4.78 is 0. The van der Waals surface area contributed by atoms with Gasteiger partial charge in [0.25, 0.3) is 0 Å². The van der Waals surface area contributed by atoms with Crippen LogP contribution < -0.4 is 0 Å². The van der Waals surface area contributed by atoms with E-state index in [-0.39, 0.29) is 0 Å². The average molecular weight is 725 g/mol. The second-order valence-corrected chi connectivity index (χ2v) is 21.8. The predicted octanol–water partition coefficient (Wildman–Crippen LogP) is 17.4. The minimum Gasteiger partial charge on any atom is -0.132 e. The molecule has 0 fully saturated rings. The average Bonchev–Trinajstić information content (AvgIpc) is 3.04.